The van der Waals surface area contributed by atoms with Crippen LogP contribution in [-0.2, 0) is 6.42 Å². The van der Waals surface area contributed by atoms with Crippen LogP contribution in [0.2, 0.25) is 0 Å². The largest absolute Gasteiger partial charge is 0.389 e. The highest BCUT2D eigenvalue weighted by molar-refractivity contribution is 7.09. The van der Waals surface area contributed by atoms with Crippen LogP contribution in [-0.4, -0.2) is 18.7 Å². The van der Waals surface area contributed by atoms with Crippen molar-refractivity contribution in [1.82, 2.24) is 0 Å². The molecule has 0 amide bonds. The third kappa shape index (κ3) is 3.12. The van der Waals surface area contributed by atoms with E-state index in [1.54, 1.807) is 11.3 Å². The standard InChI is InChI=1S/C15H19NOS/c1-12(17)14-7-3-4-8-15(14)16(2)10-9-13-6-5-11-18-13/h3-8,11-12,17H,9-10H2,1-2H3. The van der Waals surface area contributed by atoms with Gasteiger partial charge in [-0.3, -0.25) is 0 Å². The van der Waals surface area contributed by atoms with E-state index < -0.39 is 6.10 Å². The maximum atomic E-state index is 9.78. The molecule has 1 N–H and O–H groups in total. The molecule has 0 aliphatic rings. The molecule has 1 aromatic carbocycles. The van der Waals surface area contributed by atoms with E-state index in [1.807, 2.05) is 25.1 Å². The lowest BCUT2D eigenvalue weighted by atomic mass is 10.1. The molecule has 0 bridgehead atoms. The highest BCUT2D eigenvalue weighted by atomic mass is 32.1. The summed E-state index contributed by atoms with van der Waals surface area (Å²) in [6, 6.07) is 12.3. The Morgan fingerprint density at radius 3 is 2.67 bits per heavy atom. The van der Waals surface area contributed by atoms with Gasteiger partial charge in [-0.1, -0.05) is 24.3 Å². The maximum Gasteiger partial charge on any atom is 0.0781 e. The molecule has 1 aromatic heterocycles. The van der Waals surface area contributed by atoms with E-state index in [0.29, 0.717) is 0 Å². The summed E-state index contributed by atoms with van der Waals surface area (Å²) < 4.78 is 0. The second kappa shape index (κ2) is 6.03. The number of anilines is 1. The van der Waals surface area contributed by atoms with Crippen molar-refractivity contribution in [2.45, 2.75) is 19.4 Å². The normalized spacial score (nSPS) is 12.4. The van der Waals surface area contributed by atoms with Crippen LogP contribution in [0.5, 0.6) is 0 Å². The molecule has 1 heterocycles. The smallest absolute Gasteiger partial charge is 0.0781 e. The number of hydrogen-bond donors (Lipinski definition) is 1. The number of hydrogen-bond acceptors (Lipinski definition) is 3. The van der Waals surface area contributed by atoms with Crippen molar-refractivity contribution < 1.29 is 5.11 Å². The molecule has 2 aromatic rings. The van der Waals surface area contributed by atoms with Crippen molar-refractivity contribution >= 4 is 17.0 Å². The van der Waals surface area contributed by atoms with Crippen LogP contribution in [0, 0.1) is 0 Å². The molecular weight excluding hydrogens is 242 g/mol. The number of para-hydroxylation sites is 1. The minimum Gasteiger partial charge on any atom is -0.389 e. The minimum atomic E-state index is -0.426. The number of rotatable bonds is 5. The van der Waals surface area contributed by atoms with Crippen LogP contribution in [0.3, 0.4) is 0 Å². The van der Waals surface area contributed by atoms with Gasteiger partial charge >= 0.3 is 0 Å². The van der Waals surface area contributed by atoms with Crippen molar-refractivity contribution in [3.05, 3.63) is 52.2 Å². The van der Waals surface area contributed by atoms with E-state index in [0.717, 1.165) is 24.2 Å². The molecule has 2 rings (SSSR count). The highest BCUT2D eigenvalue weighted by Crippen LogP contribution is 2.25. The summed E-state index contributed by atoms with van der Waals surface area (Å²) in [5.41, 5.74) is 2.11. The van der Waals surface area contributed by atoms with E-state index in [1.165, 1.54) is 4.88 Å². The Bertz CT molecular complexity index is 479. The van der Waals surface area contributed by atoms with Crippen LogP contribution in [0.1, 0.15) is 23.5 Å². The zero-order valence-corrected chi connectivity index (χ0v) is 11.7. The number of benzene rings is 1. The van der Waals surface area contributed by atoms with Crippen LogP contribution >= 0.6 is 11.3 Å². The van der Waals surface area contributed by atoms with E-state index in [4.69, 9.17) is 0 Å². The fourth-order valence-electron chi connectivity index (χ4n) is 2.04. The molecule has 1 atom stereocenters. The van der Waals surface area contributed by atoms with Crippen molar-refractivity contribution in [1.29, 1.82) is 0 Å². The van der Waals surface area contributed by atoms with Crippen LogP contribution < -0.4 is 4.90 Å². The Labute approximate surface area is 113 Å². The van der Waals surface area contributed by atoms with Gasteiger partial charge in [-0.25, -0.2) is 0 Å². The third-order valence-corrected chi connectivity index (χ3v) is 4.01. The van der Waals surface area contributed by atoms with Gasteiger partial charge in [0.2, 0.25) is 0 Å². The summed E-state index contributed by atoms with van der Waals surface area (Å²) >= 11 is 1.79. The topological polar surface area (TPSA) is 23.5 Å². The first-order chi connectivity index (χ1) is 8.68. The van der Waals surface area contributed by atoms with E-state index in [-0.39, 0.29) is 0 Å². The summed E-state index contributed by atoms with van der Waals surface area (Å²) in [4.78, 5) is 3.61. The predicted octanol–water partition coefficient (Wildman–Crippen LogP) is 3.48. The van der Waals surface area contributed by atoms with Crippen LogP contribution in [0.4, 0.5) is 5.69 Å². The number of aliphatic hydroxyl groups is 1. The first-order valence-electron chi connectivity index (χ1n) is 6.19. The van der Waals surface area contributed by atoms with Crippen LogP contribution in [0.25, 0.3) is 0 Å². The van der Waals surface area contributed by atoms with Gasteiger partial charge in [-0.2, -0.15) is 0 Å². The molecule has 0 saturated carbocycles. The minimum absolute atomic E-state index is 0.426. The van der Waals surface area contributed by atoms with Gasteiger partial charge in [0.15, 0.2) is 0 Å². The SMILES string of the molecule is CC(O)c1ccccc1N(C)CCc1cccs1. The Balaban J connectivity index is 2.06. The van der Waals surface area contributed by atoms with Gasteiger partial charge in [0, 0.05) is 29.7 Å². The van der Waals surface area contributed by atoms with Crippen molar-refractivity contribution in [3.8, 4) is 0 Å². The molecule has 0 radical (unpaired) electrons. The number of aliphatic hydroxyl groups excluding tert-OH is 1. The molecule has 3 heteroatoms. The molecule has 0 spiro atoms. The Kier molecular flexibility index (Phi) is 4.39. The first kappa shape index (κ1) is 13.1. The van der Waals surface area contributed by atoms with Gasteiger partial charge < -0.3 is 10.0 Å². The van der Waals surface area contributed by atoms with Crippen LogP contribution in [0.15, 0.2) is 41.8 Å². The average molecular weight is 261 g/mol. The average Bonchev–Trinajstić information content (AvgIpc) is 2.89. The van der Waals surface area contributed by atoms with Crippen molar-refractivity contribution in [2.75, 3.05) is 18.5 Å². The fraction of sp³-hybridized carbons (Fsp3) is 0.333. The second-order valence-corrected chi connectivity index (χ2v) is 5.52. The summed E-state index contributed by atoms with van der Waals surface area (Å²) in [6.07, 6.45) is 0.618. The maximum absolute atomic E-state index is 9.78. The van der Waals surface area contributed by atoms with Crippen molar-refractivity contribution in [3.63, 3.8) is 0 Å². The number of likely N-dealkylation sites (N-methyl/N-ethyl adjacent to an activating group) is 1. The van der Waals surface area contributed by atoms with Gasteiger partial charge in [-0.05, 0) is 30.9 Å². The lowest BCUT2D eigenvalue weighted by Crippen LogP contribution is -2.21. The van der Waals surface area contributed by atoms with Gasteiger partial charge in [-0.15, -0.1) is 11.3 Å². The number of nitrogens with zero attached hydrogens (tertiary/aromatic N) is 1. The first-order valence-corrected chi connectivity index (χ1v) is 7.07. The van der Waals surface area contributed by atoms with E-state index in [2.05, 4.69) is 35.5 Å². The zero-order valence-electron chi connectivity index (χ0n) is 10.8. The summed E-state index contributed by atoms with van der Waals surface area (Å²) in [5.74, 6) is 0. The summed E-state index contributed by atoms with van der Waals surface area (Å²) in [5, 5.41) is 11.9. The van der Waals surface area contributed by atoms with E-state index >= 15 is 0 Å². The molecule has 0 saturated heterocycles. The Morgan fingerprint density at radius 1 is 1.22 bits per heavy atom. The quantitative estimate of drug-likeness (QED) is 0.890. The lowest BCUT2D eigenvalue weighted by Gasteiger charge is -2.23. The molecule has 18 heavy (non-hydrogen) atoms. The van der Waals surface area contributed by atoms with Gasteiger partial charge in [0.1, 0.15) is 0 Å². The second-order valence-electron chi connectivity index (χ2n) is 4.49. The van der Waals surface area contributed by atoms with Crippen molar-refractivity contribution in [2.24, 2.45) is 0 Å². The fourth-order valence-corrected chi connectivity index (χ4v) is 2.74. The monoisotopic (exact) mass is 261 g/mol. The third-order valence-electron chi connectivity index (χ3n) is 3.07. The summed E-state index contributed by atoms with van der Waals surface area (Å²) in [7, 11) is 2.08. The lowest BCUT2D eigenvalue weighted by molar-refractivity contribution is 0.199. The molecule has 1 unspecified atom stereocenters. The molecule has 0 aliphatic heterocycles. The highest BCUT2D eigenvalue weighted by Gasteiger charge is 2.10. The summed E-state index contributed by atoms with van der Waals surface area (Å²) in [6.45, 7) is 2.77. The number of thiophene rings is 1. The Morgan fingerprint density at radius 2 is 2.00 bits per heavy atom. The molecule has 0 fully saturated rings. The zero-order chi connectivity index (χ0) is 13.0. The predicted molar refractivity (Wildman–Crippen MR) is 78.4 cm³/mol. The van der Waals surface area contributed by atoms with Gasteiger partial charge in [0.05, 0.1) is 6.10 Å². The van der Waals surface area contributed by atoms with E-state index in [9.17, 15) is 5.11 Å². The van der Waals surface area contributed by atoms with Gasteiger partial charge in [0.25, 0.3) is 0 Å². The molecular formula is C15H19NOS. The Hall–Kier alpha value is -1.32. The molecule has 2 nitrogen and oxygen atoms in total. The molecule has 96 valence electrons. The molecule has 0 aliphatic carbocycles.